The van der Waals surface area contributed by atoms with E-state index in [1.807, 2.05) is 62.4 Å². The lowest BCUT2D eigenvalue weighted by molar-refractivity contribution is -0.119. The summed E-state index contributed by atoms with van der Waals surface area (Å²) in [5.41, 5.74) is 2.21. The Morgan fingerprint density at radius 2 is 2.04 bits per heavy atom. The number of ether oxygens (including phenoxy) is 1. The number of para-hydroxylation sites is 1. The van der Waals surface area contributed by atoms with Gasteiger partial charge in [-0.05, 0) is 43.2 Å². The van der Waals surface area contributed by atoms with Gasteiger partial charge in [0.15, 0.2) is 0 Å². The number of carbonyl (C=O) groups is 1. The number of aryl methyl sites for hydroxylation is 1. The number of carbonyl (C=O) groups excluding carboxylic acids is 1. The first kappa shape index (κ1) is 18.7. The van der Waals surface area contributed by atoms with Crippen molar-refractivity contribution in [2.45, 2.75) is 25.6 Å². The van der Waals surface area contributed by atoms with Crippen LogP contribution in [0.25, 0.3) is 0 Å². The standard InChI is InChI=1S/C19H22ClNO2S/c1-14-6-3-4-9-18(14)23-11-15(2)21-19(22)13-24-12-16-7-5-8-17(20)10-16/h3-10,15H,11-13H2,1-2H3,(H,21,22)/t15-/m1/s1. The lowest BCUT2D eigenvalue weighted by atomic mass is 10.2. The second-order valence-corrected chi connectivity index (χ2v) is 7.09. The number of thioether (sulfide) groups is 1. The summed E-state index contributed by atoms with van der Waals surface area (Å²) in [7, 11) is 0. The zero-order valence-electron chi connectivity index (χ0n) is 13.9. The van der Waals surface area contributed by atoms with Gasteiger partial charge < -0.3 is 10.1 Å². The van der Waals surface area contributed by atoms with Crippen molar-refractivity contribution in [2.24, 2.45) is 0 Å². The predicted octanol–water partition coefficient (Wildman–Crippen LogP) is 4.47. The number of nitrogens with one attached hydrogen (secondary N) is 1. The molecule has 5 heteroatoms. The SMILES string of the molecule is Cc1ccccc1OC[C@@H](C)NC(=O)CSCc1cccc(Cl)c1. The van der Waals surface area contributed by atoms with E-state index >= 15 is 0 Å². The fraction of sp³-hybridized carbons (Fsp3) is 0.316. The summed E-state index contributed by atoms with van der Waals surface area (Å²) >= 11 is 7.52. The molecule has 0 spiro atoms. The highest BCUT2D eigenvalue weighted by Gasteiger charge is 2.09. The molecule has 0 heterocycles. The molecule has 0 bridgehead atoms. The van der Waals surface area contributed by atoms with Crippen LogP contribution in [0, 0.1) is 6.92 Å². The normalized spacial score (nSPS) is 11.8. The van der Waals surface area contributed by atoms with Gasteiger partial charge in [-0.1, -0.05) is 41.9 Å². The summed E-state index contributed by atoms with van der Waals surface area (Å²) in [5.74, 6) is 2.06. The third-order valence-corrected chi connectivity index (χ3v) is 4.62. The van der Waals surface area contributed by atoms with E-state index in [4.69, 9.17) is 16.3 Å². The zero-order chi connectivity index (χ0) is 17.4. The lowest BCUT2D eigenvalue weighted by Crippen LogP contribution is -2.37. The van der Waals surface area contributed by atoms with Crippen molar-refractivity contribution < 1.29 is 9.53 Å². The molecule has 0 saturated heterocycles. The van der Waals surface area contributed by atoms with Crippen LogP contribution in [0.1, 0.15) is 18.1 Å². The highest BCUT2D eigenvalue weighted by molar-refractivity contribution is 7.99. The fourth-order valence-electron chi connectivity index (χ4n) is 2.18. The molecule has 0 aliphatic heterocycles. The monoisotopic (exact) mass is 363 g/mol. The van der Waals surface area contributed by atoms with Crippen molar-refractivity contribution >= 4 is 29.3 Å². The molecule has 0 saturated carbocycles. The molecule has 1 N–H and O–H groups in total. The van der Waals surface area contributed by atoms with Crippen molar-refractivity contribution in [1.82, 2.24) is 5.32 Å². The molecule has 0 aromatic heterocycles. The van der Waals surface area contributed by atoms with Crippen LogP contribution in [-0.4, -0.2) is 24.3 Å². The van der Waals surface area contributed by atoms with Crippen LogP contribution in [0.4, 0.5) is 0 Å². The van der Waals surface area contributed by atoms with Gasteiger partial charge in [0.1, 0.15) is 12.4 Å². The Balaban J connectivity index is 1.67. The molecule has 3 nitrogen and oxygen atoms in total. The van der Waals surface area contributed by atoms with Crippen LogP contribution < -0.4 is 10.1 Å². The summed E-state index contributed by atoms with van der Waals surface area (Å²) < 4.78 is 5.75. The summed E-state index contributed by atoms with van der Waals surface area (Å²) in [6.07, 6.45) is 0. The maximum Gasteiger partial charge on any atom is 0.230 e. The fourth-order valence-corrected chi connectivity index (χ4v) is 3.18. The zero-order valence-corrected chi connectivity index (χ0v) is 15.5. The Kier molecular flexibility index (Phi) is 7.47. The second-order valence-electron chi connectivity index (χ2n) is 5.67. The van der Waals surface area contributed by atoms with Gasteiger partial charge in [0.25, 0.3) is 0 Å². The molecule has 0 aliphatic rings. The number of benzene rings is 2. The first-order chi connectivity index (χ1) is 11.5. The minimum atomic E-state index is -0.0381. The van der Waals surface area contributed by atoms with Gasteiger partial charge in [0.2, 0.25) is 5.91 Å². The average molecular weight is 364 g/mol. The van der Waals surface area contributed by atoms with E-state index < -0.39 is 0 Å². The van der Waals surface area contributed by atoms with E-state index in [1.54, 1.807) is 11.8 Å². The van der Waals surface area contributed by atoms with Crippen LogP contribution in [0.15, 0.2) is 48.5 Å². The van der Waals surface area contributed by atoms with Gasteiger partial charge in [-0.2, -0.15) is 0 Å². The Morgan fingerprint density at radius 3 is 2.79 bits per heavy atom. The van der Waals surface area contributed by atoms with Gasteiger partial charge in [-0.3, -0.25) is 4.79 Å². The molecular formula is C19H22ClNO2S. The van der Waals surface area contributed by atoms with Crippen molar-refractivity contribution in [1.29, 1.82) is 0 Å². The summed E-state index contributed by atoms with van der Waals surface area (Å²) in [6.45, 7) is 4.40. The average Bonchev–Trinajstić information content (AvgIpc) is 2.54. The molecule has 2 rings (SSSR count). The molecule has 0 unspecified atom stereocenters. The minimum absolute atomic E-state index is 0.0166. The van der Waals surface area contributed by atoms with E-state index in [-0.39, 0.29) is 11.9 Å². The molecular weight excluding hydrogens is 342 g/mol. The molecule has 2 aromatic carbocycles. The van der Waals surface area contributed by atoms with Crippen LogP contribution in [-0.2, 0) is 10.5 Å². The molecule has 1 amide bonds. The van der Waals surface area contributed by atoms with E-state index in [0.717, 1.165) is 27.7 Å². The second kappa shape index (κ2) is 9.60. The minimum Gasteiger partial charge on any atom is -0.491 e. The number of hydrogen-bond donors (Lipinski definition) is 1. The number of rotatable bonds is 8. The van der Waals surface area contributed by atoms with Crippen LogP contribution in [0.2, 0.25) is 5.02 Å². The van der Waals surface area contributed by atoms with E-state index in [2.05, 4.69) is 5.32 Å². The van der Waals surface area contributed by atoms with E-state index in [9.17, 15) is 4.79 Å². The molecule has 2 aromatic rings. The Labute approximate surface area is 152 Å². The summed E-state index contributed by atoms with van der Waals surface area (Å²) in [4.78, 5) is 12.0. The van der Waals surface area contributed by atoms with Crippen LogP contribution >= 0.6 is 23.4 Å². The van der Waals surface area contributed by atoms with E-state index in [1.165, 1.54) is 0 Å². The smallest absolute Gasteiger partial charge is 0.230 e. The third-order valence-electron chi connectivity index (χ3n) is 3.38. The summed E-state index contributed by atoms with van der Waals surface area (Å²) in [6, 6.07) is 15.5. The molecule has 128 valence electrons. The molecule has 1 atom stereocenters. The highest BCUT2D eigenvalue weighted by atomic mass is 35.5. The molecule has 0 aliphatic carbocycles. The third kappa shape index (κ3) is 6.46. The lowest BCUT2D eigenvalue weighted by Gasteiger charge is -2.16. The van der Waals surface area contributed by atoms with Gasteiger partial charge in [0.05, 0.1) is 11.8 Å². The van der Waals surface area contributed by atoms with Crippen molar-refractivity contribution in [3.05, 3.63) is 64.7 Å². The maximum atomic E-state index is 12.0. The molecule has 0 radical (unpaired) electrons. The first-order valence-corrected chi connectivity index (χ1v) is 9.38. The first-order valence-electron chi connectivity index (χ1n) is 7.84. The van der Waals surface area contributed by atoms with Gasteiger partial charge in [-0.15, -0.1) is 11.8 Å². The number of hydrogen-bond acceptors (Lipinski definition) is 3. The number of amides is 1. The van der Waals surface area contributed by atoms with Crippen LogP contribution in [0.3, 0.4) is 0 Å². The number of halogens is 1. The maximum absolute atomic E-state index is 12.0. The van der Waals surface area contributed by atoms with Gasteiger partial charge >= 0.3 is 0 Å². The topological polar surface area (TPSA) is 38.3 Å². The predicted molar refractivity (Wildman–Crippen MR) is 102 cm³/mol. The van der Waals surface area contributed by atoms with E-state index in [0.29, 0.717) is 12.4 Å². The Morgan fingerprint density at radius 1 is 1.25 bits per heavy atom. The van der Waals surface area contributed by atoms with Gasteiger partial charge in [-0.25, -0.2) is 0 Å². The van der Waals surface area contributed by atoms with Crippen molar-refractivity contribution in [3.8, 4) is 5.75 Å². The largest absolute Gasteiger partial charge is 0.491 e. The molecule has 24 heavy (non-hydrogen) atoms. The Bertz CT molecular complexity index is 678. The Hall–Kier alpha value is -1.65. The van der Waals surface area contributed by atoms with Gasteiger partial charge in [0, 0.05) is 10.8 Å². The van der Waals surface area contributed by atoms with Crippen molar-refractivity contribution in [3.63, 3.8) is 0 Å². The van der Waals surface area contributed by atoms with Crippen LogP contribution in [0.5, 0.6) is 5.75 Å². The highest BCUT2D eigenvalue weighted by Crippen LogP contribution is 2.17. The molecule has 0 fully saturated rings. The summed E-state index contributed by atoms with van der Waals surface area (Å²) in [5, 5.41) is 3.68. The quantitative estimate of drug-likeness (QED) is 0.752. The van der Waals surface area contributed by atoms with Crippen molar-refractivity contribution in [2.75, 3.05) is 12.4 Å².